The summed E-state index contributed by atoms with van der Waals surface area (Å²) in [7, 11) is 0. The van der Waals surface area contributed by atoms with Crippen molar-refractivity contribution in [1.29, 1.82) is 0 Å². The van der Waals surface area contributed by atoms with Crippen molar-refractivity contribution in [1.82, 2.24) is 10.2 Å². The first-order valence-corrected chi connectivity index (χ1v) is 7.59. The van der Waals surface area contributed by atoms with Crippen molar-refractivity contribution in [2.24, 2.45) is 5.92 Å². The molecule has 1 atom stereocenters. The number of hydrogen-bond donors (Lipinski definition) is 1. The van der Waals surface area contributed by atoms with Crippen molar-refractivity contribution < 1.29 is 0 Å². The highest BCUT2D eigenvalue weighted by Gasteiger charge is 2.40. The van der Waals surface area contributed by atoms with Gasteiger partial charge in [-0.15, -0.1) is 0 Å². The van der Waals surface area contributed by atoms with Gasteiger partial charge in [0.15, 0.2) is 0 Å². The summed E-state index contributed by atoms with van der Waals surface area (Å²) >= 11 is 1.81. The Bertz CT molecular complexity index is 368. The molecule has 2 nitrogen and oxygen atoms in total. The van der Waals surface area contributed by atoms with E-state index in [4.69, 9.17) is 0 Å². The summed E-state index contributed by atoms with van der Waals surface area (Å²) in [5.41, 5.74) is 1.76. The summed E-state index contributed by atoms with van der Waals surface area (Å²) in [5.74, 6) is 0.955. The Morgan fingerprint density at radius 3 is 2.94 bits per heavy atom. The van der Waals surface area contributed by atoms with Crippen LogP contribution in [0.4, 0.5) is 0 Å². The Morgan fingerprint density at radius 1 is 1.47 bits per heavy atom. The first-order valence-electron chi connectivity index (χ1n) is 6.65. The molecule has 0 bridgehead atoms. The summed E-state index contributed by atoms with van der Waals surface area (Å²) in [4.78, 5) is 2.66. The summed E-state index contributed by atoms with van der Waals surface area (Å²) in [6, 6.07) is 3.00. The second-order valence-corrected chi connectivity index (χ2v) is 6.93. The number of thiophene rings is 1. The molecule has 17 heavy (non-hydrogen) atoms. The lowest BCUT2D eigenvalue weighted by Crippen LogP contribution is -2.62. The summed E-state index contributed by atoms with van der Waals surface area (Å²) in [6.45, 7) is 8.16. The molecule has 1 saturated carbocycles. The zero-order valence-corrected chi connectivity index (χ0v) is 11.6. The van der Waals surface area contributed by atoms with Gasteiger partial charge in [0.1, 0.15) is 0 Å². The van der Waals surface area contributed by atoms with Crippen LogP contribution in [0.15, 0.2) is 16.8 Å². The van der Waals surface area contributed by atoms with Crippen LogP contribution in [0.2, 0.25) is 0 Å². The molecule has 1 aliphatic heterocycles. The molecule has 3 heteroatoms. The molecule has 1 aromatic rings. The smallest absolute Gasteiger partial charge is 0.0281 e. The predicted molar refractivity (Wildman–Crippen MR) is 73.3 cm³/mol. The van der Waals surface area contributed by atoms with E-state index in [1.54, 1.807) is 11.3 Å². The van der Waals surface area contributed by atoms with Gasteiger partial charge in [0, 0.05) is 31.2 Å². The first kappa shape index (κ1) is 11.7. The number of piperazine rings is 1. The lowest BCUT2D eigenvalue weighted by molar-refractivity contribution is 0.0535. The normalized spacial score (nSPS) is 29.4. The van der Waals surface area contributed by atoms with Crippen LogP contribution in [-0.4, -0.2) is 29.6 Å². The van der Waals surface area contributed by atoms with Gasteiger partial charge in [0.2, 0.25) is 0 Å². The summed E-state index contributed by atoms with van der Waals surface area (Å²) < 4.78 is 0. The Balaban J connectivity index is 1.69. The molecular formula is C14H22N2S. The number of rotatable bonds is 3. The largest absolute Gasteiger partial charge is 0.311 e. The molecule has 3 rings (SSSR count). The maximum Gasteiger partial charge on any atom is 0.0281 e. The fourth-order valence-electron chi connectivity index (χ4n) is 2.74. The van der Waals surface area contributed by atoms with Crippen LogP contribution in [0.5, 0.6) is 0 Å². The molecule has 2 heterocycles. The molecular weight excluding hydrogens is 228 g/mol. The lowest BCUT2D eigenvalue weighted by atomic mass is 9.95. The van der Waals surface area contributed by atoms with E-state index in [2.05, 4.69) is 40.9 Å². The third kappa shape index (κ3) is 2.56. The van der Waals surface area contributed by atoms with Crippen LogP contribution in [0.25, 0.3) is 0 Å². The standard InChI is InChI=1S/C14H22N2S/c1-14(2)10-15-13(12-3-4-12)8-16(14)7-11-5-6-17-9-11/h5-6,9,12-13,15H,3-4,7-8,10H2,1-2H3. The van der Waals surface area contributed by atoms with Gasteiger partial charge in [-0.1, -0.05) is 0 Å². The van der Waals surface area contributed by atoms with E-state index in [-0.39, 0.29) is 5.54 Å². The predicted octanol–water partition coefficient (Wildman–Crippen LogP) is 2.71. The van der Waals surface area contributed by atoms with Gasteiger partial charge in [-0.25, -0.2) is 0 Å². The Hall–Kier alpha value is -0.380. The molecule has 1 unspecified atom stereocenters. The minimum atomic E-state index is 0.285. The van der Waals surface area contributed by atoms with Crippen LogP contribution in [0, 0.1) is 5.92 Å². The quantitative estimate of drug-likeness (QED) is 0.887. The minimum absolute atomic E-state index is 0.285. The van der Waals surface area contributed by atoms with E-state index in [1.807, 2.05) is 0 Å². The Kier molecular flexibility index (Phi) is 3.01. The number of nitrogens with one attached hydrogen (secondary N) is 1. The van der Waals surface area contributed by atoms with E-state index in [0.717, 1.165) is 25.0 Å². The molecule has 0 spiro atoms. The van der Waals surface area contributed by atoms with Crippen LogP contribution >= 0.6 is 11.3 Å². The molecule has 2 aliphatic rings. The second-order valence-electron chi connectivity index (χ2n) is 6.15. The lowest BCUT2D eigenvalue weighted by Gasteiger charge is -2.46. The Labute approximate surface area is 108 Å². The fraction of sp³-hybridized carbons (Fsp3) is 0.714. The molecule has 1 saturated heterocycles. The van der Waals surface area contributed by atoms with Gasteiger partial charge in [-0.05, 0) is 55.0 Å². The highest BCUT2D eigenvalue weighted by Crippen LogP contribution is 2.36. The van der Waals surface area contributed by atoms with E-state index < -0.39 is 0 Å². The van der Waals surface area contributed by atoms with Crippen molar-refractivity contribution >= 4 is 11.3 Å². The van der Waals surface area contributed by atoms with Crippen molar-refractivity contribution in [3.05, 3.63) is 22.4 Å². The topological polar surface area (TPSA) is 15.3 Å². The molecule has 1 aliphatic carbocycles. The third-order valence-electron chi connectivity index (χ3n) is 4.21. The molecule has 2 fully saturated rings. The summed E-state index contributed by atoms with van der Waals surface area (Å²) in [6.07, 6.45) is 2.87. The maximum atomic E-state index is 3.74. The summed E-state index contributed by atoms with van der Waals surface area (Å²) in [5, 5.41) is 8.21. The van der Waals surface area contributed by atoms with Gasteiger partial charge >= 0.3 is 0 Å². The van der Waals surface area contributed by atoms with E-state index >= 15 is 0 Å². The molecule has 0 radical (unpaired) electrons. The SMILES string of the molecule is CC1(C)CNC(C2CC2)CN1Cc1ccsc1. The highest BCUT2D eigenvalue weighted by atomic mass is 32.1. The Morgan fingerprint density at radius 2 is 2.29 bits per heavy atom. The monoisotopic (exact) mass is 250 g/mol. The van der Waals surface area contributed by atoms with Crippen LogP contribution in [0.3, 0.4) is 0 Å². The van der Waals surface area contributed by atoms with Crippen molar-refractivity contribution in [3.8, 4) is 0 Å². The molecule has 0 aromatic carbocycles. The highest BCUT2D eigenvalue weighted by molar-refractivity contribution is 7.07. The third-order valence-corrected chi connectivity index (χ3v) is 4.95. The van der Waals surface area contributed by atoms with E-state index in [9.17, 15) is 0 Å². The second kappa shape index (κ2) is 4.38. The van der Waals surface area contributed by atoms with E-state index in [1.165, 1.54) is 24.9 Å². The average Bonchev–Trinajstić information content (AvgIpc) is 3.00. The molecule has 1 N–H and O–H groups in total. The molecule has 94 valence electrons. The van der Waals surface area contributed by atoms with Gasteiger partial charge in [0.25, 0.3) is 0 Å². The van der Waals surface area contributed by atoms with Crippen molar-refractivity contribution in [2.45, 2.75) is 44.8 Å². The van der Waals surface area contributed by atoms with Crippen LogP contribution < -0.4 is 5.32 Å². The van der Waals surface area contributed by atoms with Crippen LogP contribution in [0.1, 0.15) is 32.3 Å². The number of hydrogen-bond acceptors (Lipinski definition) is 3. The van der Waals surface area contributed by atoms with Gasteiger partial charge in [-0.3, -0.25) is 4.90 Å². The number of nitrogens with zero attached hydrogens (tertiary/aromatic N) is 1. The van der Waals surface area contributed by atoms with Crippen molar-refractivity contribution in [3.63, 3.8) is 0 Å². The zero-order valence-electron chi connectivity index (χ0n) is 10.8. The minimum Gasteiger partial charge on any atom is -0.311 e. The fourth-order valence-corrected chi connectivity index (χ4v) is 3.40. The van der Waals surface area contributed by atoms with Crippen LogP contribution in [-0.2, 0) is 6.54 Å². The molecule has 0 amide bonds. The van der Waals surface area contributed by atoms with Gasteiger partial charge in [-0.2, -0.15) is 11.3 Å². The maximum absolute atomic E-state index is 3.74. The van der Waals surface area contributed by atoms with E-state index in [0.29, 0.717) is 0 Å². The van der Waals surface area contributed by atoms with Gasteiger partial charge in [0.05, 0.1) is 0 Å². The first-order chi connectivity index (χ1) is 8.15. The molecule has 1 aromatic heterocycles. The van der Waals surface area contributed by atoms with Gasteiger partial charge < -0.3 is 5.32 Å². The zero-order chi connectivity index (χ0) is 11.9. The van der Waals surface area contributed by atoms with Crippen molar-refractivity contribution in [2.75, 3.05) is 13.1 Å². The average molecular weight is 250 g/mol.